The zero-order chi connectivity index (χ0) is 20.1. The van der Waals surface area contributed by atoms with E-state index in [1.165, 1.54) is 5.56 Å². The summed E-state index contributed by atoms with van der Waals surface area (Å²) in [4.78, 5) is 12.4. The number of aromatic amines is 1. The first-order valence-corrected chi connectivity index (χ1v) is 9.97. The van der Waals surface area contributed by atoms with Crippen LogP contribution in [-0.4, -0.2) is 15.0 Å². The Morgan fingerprint density at radius 1 is 0.893 bits per heavy atom. The third kappa shape index (κ3) is 3.62. The number of hydrogen-bond acceptors (Lipinski definition) is 2. The third-order valence-electron chi connectivity index (χ3n) is 4.65. The molecule has 0 amide bonds. The van der Waals surface area contributed by atoms with Gasteiger partial charge in [-0.3, -0.25) is 4.98 Å². The van der Waals surface area contributed by atoms with Gasteiger partial charge in [-0.2, -0.15) is 0 Å². The summed E-state index contributed by atoms with van der Waals surface area (Å²) >= 11 is 18.7. The molecule has 0 saturated carbocycles. The summed E-state index contributed by atoms with van der Waals surface area (Å²) in [5, 5.41) is 1.49. The van der Waals surface area contributed by atoms with Crippen molar-refractivity contribution >= 4 is 45.8 Å². The lowest BCUT2D eigenvalue weighted by molar-refractivity contribution is 0.591. The minimum absolute atomic E-state index is 0.0786. The number of fused-ring (bicyclic) bond motifs is 1. The van der Waals surface area contributed by atoms with E-state index in [2.05, 4.69) is 42.9 Å². The lowest BCUT2D eigenvalue weighted by atomic mass is 9.87. The highest BCUT2D eigenvalue weighted by atomic mass is 35.5. The Morgan fingerprint density at radius 2 is 1.68 bits per heavy atom. The van der Waals surface area contributed by atoms with E-state index in [4.69, 9.17) is 39.8 Å². The minimum Gasteiger partial charge on any atom is -0.338 e. The summed E-state index contributed by atoms with van der Waals surface area (Å²) in [6, 6.07) is 13.7. The van der Waals surface area contributed by atoms with Crippen molar-refractivity contribution in [2.24, 2.45) is 0 Å². The number of benzene rings is 2. The molecule has 0 fully saturated rings. The van der Waals surface area contributed by atoms with Gasteiger partial charge in [0.1, 0.15) is 5.82 Å². The summed E-state index contributed by atoms with van der Waals surface area (Å²) in [6.45, 7) is 6.58. The van der Waals surface area contributed by atoms with Crippen molar-refractivity contribution in [2.75, 3.05) is 0 Å². The fraction of sp³-hybridized carbons (Fsp3) is 0.182. The predicted molar refractivity (Wildman–Crippen MR) is 118 cm³/mol. The lowest BCUT2D eigenvalue weighted by Gasteiger charge is -2.18. The summed E-state index contributed by atoms with van der Waals surface area (Å²) in [5.74, 6) is 0.768. The molecule has 3 nitrogen and oxygen atoms in total. The highest BCUT2D eigenvalue weighted by Crippen LogP contribution is 2.35. The van der Waals surface area contributed by atoms with Gasteiger partial charge in [-0.25, -0.2) is 4.98 Å². The van der Waals surface area contributed by atoms with Crippen LogP contribution in [0, 0.1) is 0 Å². The highest BCUT2D eigenvalue weighted by molar-refractivity contribution is 6.37. The Hall–Kier alpha value is -2.07. The molecular weight excluding hydrogens is 413 g/mol. The molecule has 0 unspecified atom stereocenters. The molecule has 4 aromatic rings. The molecule has 2 heterocycles. The number of aromatic nitrogens is 3. The van der Waals surface area contributed by atoms with E-state index < -0.39 is 0 Å². The third-order valence-corrected chi connectivity index (χ3v) is 5.46. The molecule has 28 heavy (non-hydrogen) atoms. The molecule has 6 heteroatoms. The number of nitrogens with zero attached hydrogens (tertiary/aromatic N) is 2. The molecule has 0 bridgehead atoms. The van der Waals surface area contributed by atoms with Crippen molar-refractivity contribution in [1.29, 1.82) is 0 Å². The molecule has 0 radical (unpaired) electrons. The van der Waals surface area contributed by atoms with Crippen LogP contribution >= 0.6 is 34.8 Å². The van der Waals surface area contributed by atoms with E-state index in [-0.39, 0.29) is 5.41 Å². The van der Waals surface area contributed by atoms with Crippen LogP contribution < -0.4 is 0 Å². The van der Waals surface area contributed by atoms with Gasteiger partial charge in [-0.15, -0.1) is 0 Å². The van der Waals surface area contributed by atoms with Crippen LogP contribution in [-0.2, 0) is 5.41 Å². The Labute approximate surface area is 178 Å². The monoisotopic (exact) mass is 429 g/mol. The Balaban J connectivity index is 1.75. The van der Waals surface area contributed by atoms with Crippen molar-refractivity contribution in [3.63, 3.8) is 0 Å². The molecule has 1 N–H and O–H groups in total. The summed E-state index contributed by atoms with van der Waals surface area (Å²) in [5.41, 5.74) is 5.50. The molecular formula is C22H18Cl3N3. The normalized spacial score (nSPS) is 11.9. The van der Waals surface area contributed by atoms with Gasteiger partial charge in [0.15, 0.2) is 0 Å². The number of rotatable bonds is 2. The van der Waals surface area contributed by atoms with Crippen molar-refractivity contribution in [1.82, 2.24) is 15.0 Å². The number of imidazole rings is 1. The second-order valence-corrected chi connectivity index (χ2v) is 9.00. The first-order chi connectivity index (χ1) is 13.2. The maximum Gasteiger partial charge on any atom is 0.138 e. The van der Waals surface area contributed by atoms with Gasteiger partial charge in [-0.05, 0) is 35.2 Å². The van der Waals surface area contributed by atoms with Crippen LogP contribution in [0.2, 0.25) is 15.1 Å². The summed E-state index contributed by atoms with van der Waals surface area (Å²) in [7, 11) is 0. The van der Waals surface area contributed by atoms with Crippen LogP contribution in [0.15, 0.2) is 48.7 Å². The summed E-state index contributed by atoms with van der Waals surface area (Å²) in [6.07, 6.45) is 1.55. The summed E-state index contributed by atoms with van der Waals surface area (Å²) < 4.78 is 0. The highest BCUT2D eigenvalue weighted by Gasteiger charge is 2.16. The van der Waals surface area contributed by atoms with Crippen molar-refractivity contribution in [2.45, 2.75) is 26.2 Å². The number of pyridine rings is 1. The van der Waals surface area contributed by atoms with E-state index in [9.17, 15) is 0 Å². The van der Waals surface area contributed by atoms with Gasteiger partial charge in [0.05, 0.1) is 31.8 Å². The van der Waals surface area contributed by atoms with Crippen LogP contribution in [0.25, 0.3) is 33.7 Å². The number of H-pyrrole nitrogens is 1. The first kappa shape index (κ1) is 19.3. The van der Waals surface area contributed by atoms with Crippen LogP contribution in [0.1, 0.15) is 26.3 Å². The zero-order valence-corrected chi connectivity index (χ0v) is 17.9. The first-order valence-electron chi connectivity index (χ1n) is 8.84. The Kier molecular flexibility index (Phi) is 4.86. The molecule has 2 aromatic heterocycles. The fourth-order valence-electron chi connectivity index (χ4n) is 3.08. The van der Waals surface area contributed by atoms with E-state index in [1.54, 1.807) is 12.3 Å². The van der Waals surface area contributed by atoms with Crippen LogP contribution in [0.3, 0.4) is 0 Å². The van der Waals surface area contributed by atoms with Gasteiger partial charge in [0.2, 0.25) is 0 Å². The van der Waals surface area contributed by atoms with E-state index >= 15 is 0 Å². The fourth-order valence-corrected chi connectivity index (χ4v) is 3.83. The average Bonchev–Trinajstić information content (AvgIpc) is 3.05. The van der Waals surface area contributed by atoms with Crippen molar-refractivity contribution in [3.05, 3.63) is 69.3 Å². The number of nitrogens with one attached hydrogen (secondary N) is 1. The lowest BCUT2D eigenvalue weighted by Crippen LogP contribution is -2.10. The topological polar surface area (TPSA) is 41.6 Å². The van der Waals surface area contributed by atoms with E-state index in [1.807, 2.05) is 24.3 Å². The van der Waals surface area contributed by atoms with E-state index in [0.717, 1.165) is 28.0 Å². The molecule has 142 valence electrons. The zero-order valence-electron chi connectivity index (χ0n) is 15.6. The minimum atomic E-state index is 0.0786. The van der Waals surface area contributed by atoms with Crippen LogP contribution in [0.5, 0.6) is 0 Å². The Morgan fingerprint density at radius 3 is 2.36 bits per heavy atom. The molecule has 0 saturated heterocycles. The second-order valence-electron chi connectivity index (χ2n) is 7.75. The van der Waals surface area contributed by atoms with Gasteiger partial charge >= 0.3 is 0 Å². The molecule has 0 aliphatic rings. The van der Waals surface area contributed by atoms with Gasteiger partial charge in [0.25, 0.3) is 0 Å². The number of hydrogen-bond donors (Lipinski definition) is 1. The molecule has 0 aliphatic heterocycles. The Bertz CT molecular complexity index is 1190. The molecule has 0 spiro atoms. The van der Waals surface area contributed by atoms with E-state index in [0.29, 0.717) is 20.8 Å². The largest absolute Gasteiger partial charge is 0.338 e. The molecule has 0 aliphatic carbocycles. The molecule has 4 rings (SSSR count). The smallest absolute Gasteiger partial charge is 0.138 e. The average molecular weight is 431 g/mol. The van der Waals surface area contributed by atoms with Crippen molar-refractivity contribution in [3.8, 4) is 22.6 Å². The van der Waals surface area contributed by atoms with Crippen LogP contribution in [0.4, 0.5) is 0 Å². The standard InChI is InChI=1S/C22H18Cl3N3/c1-22(2,3)13-5-7-18-19(9-13)28-21(27-18)12-4-6-15(16(24)8-12)20-17(25)10-14(23)11-26-20/h4-11H,1-3H3,(H,27,28). The molecule has 0 atom stereocenters. The second kappa shape index (κ2) is 7.07. The maximum absolute atomic E-state index is 6.54. The van der Waals surface area contributed by atoms with Gasteiger partial charge in [0, 0.05) is 17.3 Å². The number of halogens is 3. The quantitative estimate of drug-likeness (QED) is 0.356. The van der Waals surface area contributed by atoms with Gasteiger partial charge in [-0.1, -0.05) is 73.8 Å². The van der Waals surface area contributed by atoms with Crippen molar-refractivity contribution < 1.29 is 0 Å². The SMILES string of the molecule is CC(C)(C)c1ccc2nc(-c3ccc(-c4ncc(Cl)cc4Cl)c(Cl)c3)[nH]c2c1. The predicted octanol–water partition coefficient (Wildman–Crippen LogP) is 7.55. The molecule has 2 aromatic carbocycles. The maximum atomic E-state index is 6.54. The van der Waals surface area contributed by atoms with Gasteiger partial charge < -0.3 is 4.98 Å².